The summed E-state index contributed by atoms with van der Waals surface area (Å²) >= 11 is 0. The summed E-state index contributed by atoms with van der Waals surface area (Å²) in [6.45, 7) is 7.29. The van der Waals surface area contributed by atoms with Crippen LogP contribution in [0.4, 0.5) is 0 Å². The van der Waals surface area contributed by atoms with Crippen LogP contribution in [0.3, 0.4) is 0 Å². The smallest absolute Gasteiger partial charge is 0.271 e. The molecule has 0 spiro atoms. The lowest BCUT2D eigenvalue weighted by molar-refractivity contribution is 0.0755. The minimum absolute atomic E-state index is 0.0365. The quantitative estimate of drug-likeness (QED) is 0.914. The Kier molecular flexibility index (Phi) is 4.53. The van der Waals surface area contributed by atoms with E-state index in [0.29, 0.717) is 5.69 Å². The predicted molar refractivity (Wildman–Crippen MR) is 82.3 cm³/mol. The summed E-state index contributed by atoms with van der Waals surface area (Å²) in [6.07, 6.45) is 6.46. The fraction of sp³-hybridized carbons (Fsp3) is 0.533. The lowest BCUT2D eigenvalue weighted by Gasteiger charge is -2.21. The predicted octanol–water partition coefficient (Wildman–Crippen LogP) is 0.974. The summed E-state index contributed by atoms with van der Waals surface area (Å²) < 4.78 is 2.17. The number of aromatic nitrogens is 4. The van der Waals surface area contributed by atoms with Gasteiger partial charge in [-0.25, -0.2) is 4.98 Å². The number of rotatable bonds is 4. The largest absolute Gasteiger partial charge is 0.336 e. The zero-order valence-corrected chi connectivity index (χ0v) is 12.9. The average Bonchev–Trinajstić information content (AvgIpc) is 3.15. The van der Waals surface area contributed by atoms with Gasteiger partial charge in [-0.1, -0.05) is 0 Å². The van der Waals surface area contributed by atoms with Crippen LogP contribution in [0.1, 0.15) is 29.7 Å². The van der Waals surface area contributed by atoms with Crippen LogP contribution in [0, 0.1) is 0 Å². The summed E-state index contributed by atoms with van der Waals surface area (Å²) in [6, 6.07) is 1.73. The Morgan fingerprint density at radius 3 is 2.95 bits per heavy atom. The van der Waals surface area contributed by atoms with Gasteiger partial charge in [0.15, 0.2) is 0 Å². The van der Waals surface area contributed by atoms with E-state index < -0.39 is 0 Å². The molecular formula is C15H22N6O. The molecule has 0 atom stereocenters. The highest BCUT2D eigenvalue weighted by atomic mass is 16.2. The van der Waals surface area contributed by atoms with E-state index in [9.17, 15) is 4.79 Å². The van der Waals surface area contributed by atoms with Crippen LogP contribution in [0.25, 0.3) is 0 Å². The molecule has 0 unspecified atom stereocenters. The Labute approximate surface area is 129 Å². The van der Waals surface area contributed by atoms with E-state index in [0.717, 1.165) is 51.5 Å². The minimum Gasteiger partial charge on any atom is -0.336 e. The third kappa shape index (κ3) is 3.19. The Morgan fingerprint density at radius 2 is 2.18 bits per heavy atom. The van der Waals surface area contributed by atoms with Crippen molar-refractivity contribution in [2.24, 2.45) is 0 Å². The van der Waals surface area contributed by atoms with E-state index in [1.54, 1.807) is 12.3 Å². The molecule has 0 aliphatic carbocycles. The second-order valence-corrected chi connectivity index (χ2v) is 5.52. The van der Waals surface area contributed by atoms with Gasteiger partial charge < -0.3 is 9.47 Å². The molecule has 2 aromatic heterocycles. The first-order valence-electron chi connectivity index (χ1n) is 7.79. The second-order valence-electron chi connectivity index (χ2n) is 5.52. The molecule has 0 radical (unpaired) electrons. The molecule has 3 heterocycles. The van der Waals surface area contributed by atoms with E-state index in [4.69, 9.17) is 0 Å². The molecular weight excluding hydrogens is 280 g/mol. The van der Waals surface area contributed by atoms with Crippen LogP contribution in [0.5, 0.6) is 0 Å². The van der Waals surface area contributed by atoms with E-state index in [2.05, 4.69) is 31.6 Å². The zero-order chi connectivity index (χ0) is 15.4. The highest BCUT2D eigenvalue weighted by Gasteiger charge is 2.21. The first kappa shape index (κ1) is 14.8. The maximum absolute atomic E-state index is 12.4. The van der Waals surface area contributed by atoms with Crippen LogP contribution < -0.4 is 0 Å². The molecule has 0 bridgehead atoms. The van der Waals surface area contributed by atoms with Crippen molar-refractivity contribution in [3.63, 3.8) is 0 Å². The molecule has 3 rings (SSSR count). The van der Waals surface area contributed by atoms with E-state index in [1.807, 2.05) is 17.3 Å². The molecule has 1 aliphatic rings. The van der Waals surface area contributed by atoms with Gasteiger partial charge in [-0.05, 0) is 19.4 Å². The molecule has 7 nitrogen and oxygen atoms in total. The second kappa shape index (κ2) is 6.74. The van der Waals surface area contributed by atoms with E-state index in [1.165, 1.54) is 0 Å². The van der Waals surface area contributed by atoms with Crippen LogP contribution in [0.15, 0.2) is 24.7 Å². The fourth-order valence-electron chi connectivity index (χ4n) is 2.86. The third-order valence-corrected chi connectivity index (χ3v) is 4.11. The van der Waals surface area contributed by atoms with Crippen molar-refractivity contribution in [2.45, 2.75) is 26.4 Å². The Morgan fingerprint density at radius 1 is 1.27 bits per heavy atom. The monoisotopic (exact) mass is 302 g/mol. The summed E-state index contributed by atoms with van der Waals surface area (Å²) in [4.78, 5) is 21.1. The molecule has 0 aromatic carbocycles. The molecule has 1 amide bonds. The standard InChI is InChI=1S/C15H22N6O/c1-2-20-9-6-16-14(20)12-19-7-3-8-21(11-10-19)15(22)13-4-5-17-18-13/h4-6,9H,2-3,7-8,10-12H2,1H3,(H,17,18). The van der Waals surface area contributed by atoms with Crippen LogP contribution in [-0.4, -0.2) is 61.6 Å². The van der Waals surface area contributed by atoms with Gasteiger partial charge in [-0.2, -0.15) is 5.10 Å². The number of imidazole rings is 1. The van der Waals surface area contributed by atoms with Gasteiger partial charge in [-0.15, -0.1) is 0 Å². The number of carbonyl (C=O) groups excluding carboxylic acids is 1. The molecule has 118 valence electrons. The van der Waals surface area contributed by atoms with Crippen molar-refractivity contribution in [1.29, 1.82) is 0 Å². The Balaban J connectivity index is 1.59. The average molecular weight is 302 g/mol. The van der Waals surface area contributed by atoms with Crippen molar-refractivity contribution in [2.75, 3.05) is 26.2 Å². The molecule has 1 fully saturated rings. The molecule has 1 saturated heterocycles. The first-order chi connectivity index (χ1) is 10.8. The third-order valence-electron chi connectivity index (χ3n) is 4.11. The van der Waals surface area contributed by atoms with Crippen molar-refractivity contribution < 1.29 is 4.79 Å². The minimum atomic E-state index is 0.0365. The summed E-state index contributed by atoms with van der Waals surface area (Å²) in [5, 5.41) is 6.60. The maximum atomic E-state index is 12.4. The van der Waals surface area contributed by atoms with Crippen molar-refractivity contribution in [3.8, 4) is 0 Å². The van der Waals surface area contributed by atoms with Gasteiger partial charge in [0.1, 0.15) is 11.5 Å². The number of H-pyrrole nitrogens is 1. The molecule has 22 heavy (non-hydrogen) atoms. The number of carbonyl (C=O) groups is 1. The van der Waals surface area contributed by atoms with Gasteiger partial charge in [0, 0.05) is 51.3 Å². The summed E-state index contributed by atoms with van der Waals surface area (Å²) in [5.74, 6) is 1.13. The SMILES string of the molecule is CCn1ccnc1CN1CCCN(C(=O)c2ccn[nH]2)CC1. The number of hydrogen-bond donors (Lipinski definition) is 1. The molecule has 1 N–H and O–H groups in total. The van der Waals surface area contributed by atoms with E-state index >= 15 is 0 Å². The topological polar surface area (TPSA) is 70.1 Å². The highest BCUT2D eigenvalue weighted by Crippen LogP contribution is 2.10. The van der Waals surface area contributed by atoms with E-state index in [-0.39, 0.29) is 5.91 Å². The normalized spacial score (nSPS) is 16.7. The van der Waals surface area contributed by atoms with Crippen LogP contribution in [-0.2, 0) is 13.1 Å². The number of aryl methyl sites for hydroxylation is 1. The number of aromatic amines is 1. The number of nitrogens with one attached hydrogen (secondary N) is 1. The maximum Gasteiger partial charge on any atom is 0.271 e. The molecule has 7 heteroatoms. The Hall–Kier alpha value is -2.15. The van der Waals surface area contributed by atoms with Gasteiger partial charge in [0.25, 0.3) is 5.91 Å². The lowest BCUT2D eigenvalue weighted by Crippen LogP contribution is -2.35. The molecule has 0 saturated carbocycles. The van der Waals surface area contributed by atoms with Gasteiger partial charge >= 0.3 is 0 Å². The van der Waals surface area contributed by atoms with Gasteiger partial charge in [0.2, 0.25) is 0 Å². The molecule has 2 aromatic rings. The van der Waals surface area contributed by atoms with Crippen LogP contribution >= 0.6 is 0 Å². The molecule has 1 aliphatic heterocycles. The Bertz CT molecular complexity index is 605. The first-order valence-corrected chi connectivity index (χ1v) is 7.79. The van der Waals surface area contributed by atoms with Crippen molar-refractivity contribution in [1.82, 2.24) is 29.5 Å². The fourth-order valence-corrected chi connectivity index (χ4v) is 2.86. The van der Waals surface area contributed by atoms with Gasteiger partial charge in [0.05, 0.1) is 6.54 Å². The summed E-state index contributed by atoms with van der Waals surface area (Å²) in [5.41, 5.74) is 0.565. The number of hydrogen-bond acceptors (Lipinski definition) is 4. The lowest BCUT2D eigenvalue weighted by atomic mass is 10.3. The van der Waals surface area contributed by atoms with Crippen molar-refractivity contribution >= 4 is 5.91 Å². The van der Waals surface area contributed by atoms with Crippen molar-refractivity contribution in [3.05, 3.63) is 36.2 Å². The number of nitrogens with zero attached hydrogens (tertiary/aromatic N) is 5. The zero-order valence-electron chi connectivity index (χ0n) is 12.9. The van der Waals surface area contributed by atoms with Crippen LogP contribution in [0.2, 0.25) is 0 Å². The summed E-state index contributed by atoms with van der Waals surface area (Å²) in [7, 11) is 0. The highest BCUT2D eigenvalue weighted by molar-refractivity contribution is 5.92. The van der Waals surface area contributed by atoms with Gasteiger partial charge in [-0.3, -0.25) is 14.8 Å². The number of amides is 1.